The van der Waals surface area contributed by atoms with Crippen LogP contribution in [0.1, 0.15) is 142 Å². The Bertz CT molecular complexity index is 918. The van der Waals surface area contributed by atoms with E-state index in [1.54, 1.807) is 0 Å². The molecule has 2 unspecified atom stereocenters. The van der Waals surface area contributed by atoms with Gasteiger partial charge < -0.3 is 20.1 Å². The second-order valence-electron chi connectivity index (χ2n) is 11.8. The molecule has 10 heteroatoms. The first-order valence-corrected chi connectivity index (χ1v) is 19.6. The van der Waals surface area contributed by atoms with Crippen LogP contribution in [0.4, 0.5) is 0 Å². The third kappa shape index (κ3) is 35.1. The minimum Gasteiger partial charge on any atom is -0.463 e. The maximum absolute atomic E-state index is 12.0. The number of allylic oxidation sites excluding steroid dienone is 8. The minimum absolute atomic E-state index is 0.0766. The first-order chi connectivity index (χ1) is 22.8. The number of ether oxygens (including phenoxy) is 1. The largest absolute Gasteiger partial charge is 0.472 e. The van der Waals surface area contributed by atoms with Crippen molar-refractivity contribution in [1.82, 2.24) is 5.32 Å². The van der Waals surface area contributed by atoms with Crippen molar-refractivity contribution < 1.29 is 37.9 Å². The highest BCUT2D eigenvalue weighted by Crippen LogP contribution is 2.42. The molecule has 0 heterocycles. The van der Waals surface area contributed by atoms with E-state index in [4.69, 9.17) is 13.8 Å². The molecule has 0 saturated carbocycles. The number of carbonyl (C=O) groups excluding carboxylic acids is 2. The second-order valence-corrected chi connectivity index (χ2v) is 13.3. The quantitative estimate of drug-likeness (QED) is 0.0270. The van der Waals surface area contributed by atoms with Crippen molar-refractivity contribution in [2.24, 2.45) is 0 Å². The molecule has 0 aromatic carbocycles. The van der Waals surface area contributed by atoms with Gasteiger partial charge in [-0.05, 0) is 57.8 Å². The number of aliphatic hydroxyl groups excluding tert-OH is 1. The van der Waals surface area contributed by atoms with Crippen LogP contribution in [0.5, 0.6) is 0 Å². The first-order valence-electron chi connectivity index (χ1n) is 18.1. The van der Waals surface area contributed by atoms with Crippen LogP contribution < -0.4 is 5.32 Å². The van der Waals surface area contributed by atoms with Gasteiger partial charge in [0.15, 0.2) is 0 Å². The molecule has 0 aliphatic carbocycles. The van der Waals surface area contributed by atoms with Gasteiger partial charge in [-0.2, -0.15) is 0 Å². The van der Waals surface area contributed by atoms with Gasteiger partial charge >= 0.3 is 13.8 Å². The molecule has 2 atom stereocenters. The molecule has 1 amide bonds. The van der Waals surface area contributed by atoms with Crippen LogP contribution >= 0.6 is 7.82 Å². The lowest BCUT2D eigenvalue weighted by Crippen LogP contribution is -2.27. The van der Waals surface area contributed by atoms with Crippen molar-refractivity contribution in [2.75, 3.05) is 26.4 Å². The Morgan fingerprint density at radius 3 is 1.77 bits per heavy atom. The normalized spacial score (nSPS) is 14.0. The summed E-state index contributed by atoms with van der Waals surface area (Å²) in [5, 5.41) is 12.6. The van der Waals surface area contributed by atoms with Gasteiger partial charge in [-0.1, -0.05) is 120 Å². The van der Waals surface area contributed by atoms with Crippen LogP contribution in [0.3, 0.4) is 0 Å². The van der Waals surface area contributed by atoms with Gasteiger partial charge in [0.05, 0.1) is 13.2 Å². The number of esters is 1. The van der Waals surface area contributed by atoms with Crippen LogP contribution in [0, 0.1) is 0 Å². The highest BCUT2D eigenvalue weighted by molar-refractivity contribution is 7.47. The predicted octanol–water partition coefficient (Wildman–Crippen LogP) is 9.21. The lowest BCUT2D eigenvalue weighted by molar-refractivity contribution is -0.147. The zero-order valence-corrected chi connectivity index (χ0v) is 30.4. The molecule has 9 nitrogen and oxygen atoms in total. The molecule has 0 aromatic heterocycles. The van der Waals surface area contributed by atoms with E-state index in [-0.39, 0.29) is 32.1 Å². The highest BCUT2D eigenvalue weighted by Gasteiger charge is 2.23. The van der Waals surface area contributed by atoms with Crippen molar-refractivity contribution in [3.63, 3.8) is 0 Å². The fourth-order valence-electron chi connectivity index (χ4n) is 4.48. The molecule has 0 rings (SSSR count). The Morgan fingerprint density at radius 2 is 1.15 bits per heavy atom. The van der Waals surface area contributed by atoms with Crippen molar-refractivity contribution in [1.29, 1.82) is 0 Å². The molecule has 0 aromatic rings. The smallest absolute Gasteiger partial charge is 0.463 e. The summed E-state index contributed by atoms with van der Waals surface area (Å²) in [7, 11) is -4.40. The van der Waals surface area contributed by atoms with Crippen LogP contribution in [0.2, 0.25) is 0 Å². The summed E-state index contributed by atoms with van der Waals surface area (Å²) in [6, 6.07) is 0. The topological polar surface area (TPSA) is 131 Å². The number of aliphatic hydroxyl groups is 1. The molecule has 3 N–H and O–H groups in total. The molecule has 0 aliphatic rings. The fourth-order valence-corrected chi connectivity index (χ4v) is 5.24. The predicted molar refractivity (Wildman–Crippen MR) is 192 cm³/mol. The van der Waals surface area contributed by atoms with Crippen LogP contribution in [0.25, 0.3) is 0 Å². The number of rotatable bonds is 33. The number of amides is 1. The van der Waals surface area contributed by atoms with Gasteiger partial charge in [0.25, 0.3) is 0 Å². The van der Waals surface area contributed by atoms with Gasteiger partial charge in [-0.3, -0.25) is 18.6 Å². The zero-order chi connectivity index (χ0) is 34.7. The molecule has 0 bridgehead atoms. The Kier molecular flexibility index (Phi) is 32.4. The number of phosphoric ester groups is 1. The summed E-state index contributed by atoms with van der Waals surface area (Å²) >= 11 is 0. The van der Waals surface area contributed by atoms with E-state index in [9.17, 15) is 24.2 Å². The monoisotopic (exact) mass is 683 g/mol. The molecule has 0 radical (unpaired) electrons. The number of phosphoric acid groups is 1. The van der Waals surface area contributed by atoms with Crippen LogP contribution in [-0.2, 0) is 27.9 Å². The summed E-state index contributed by atoms with van der Waals surface area (Å²) in [5.41, 5.74) is 0. The first kappa shape index (κ1) is 45.0. The van der Waals surface area contributed by atoms with E-state index in [1.165, 1.54) is 25.7 Å². The summed E-state index contributed by atoms with van der Waals surface area (Å²) < 4.78 is 26.6. The number of nitrogens with one attached hydrogen (secondary N) is 1. The van der Waals surface area contributed by atoms with Crippen LogP contribution in [-0.4, -0.2) is 54.3 Å². The third-order valence-electron chi connectivity index (χ3n) is 7.26. The third-order valence-corrected chi connectivity index (χ3v) is 8.25. The van der Waals surface area contributed by atoms with Crippen molar-refractivity contribution >= 4 is 19.7 Å². The molecule has 47 heavy (non-hydrogen) atoms. The maximum Gasteiger partial charge on any atom is 0.472 e. The Labute approximate surface area is 285 Å². The van der Waals surface area contributed by atoms with Gasteiger partial charge in [0.2, 0.25) is 5.91 Å². The summed E-state index contributed by atoms with van der Waals surface area (Å²) in [6.07, 6.45) is 36.5. The summed E-state index contributed by atoms with van der Waals surface area (Å²) in [6.45, 7) is 3.38. The van der Waals surface area contributed by atoms with E-state index in [0.29, 0.717) is 12.8 Å². The van der Waals surface area contributed by atoms with Crippen molar-refractivity contribution in [2.45, 2.75) is 148 Å². The summed E-state index contributed by atoms with van der Waals surface area (Å²) in [5.74, 6) is -0.552. The zero-order valence-electron chi connectivity index (χ0n) is 29.5. The van der Waals surface area contributed by atoms with E-state index in [2.05, 4.69) is 67.8 Å². The van der Waals surface area contributed by atoms with Crippen molar-refractivity contribution in [3.05, 3.63) is 48.6 Å². The van der Waals surface area contributed by atoms with Gasteiger partial charge in [0, 0.05) is 19.4 Å². The number of hydrogen-bond acceptors (Lipinski definition) is 7. The maximum atomic E-state index is 12.0. The molecule has 0 saturated heterocycles. The number of hydrogen-bond donors (Lipinski definition) is 3. The molecular weight excluding hydrogens is 617 g/mol. The molecule has 0 spiro atoms. The minimum atomic E-state index is -4.40. The van der Waals surface area contributed by atoms with Gasteiger partial charge in [0.1, 0.15) is 12.7 Å². The van der Waals surface area contributed by atoms with Gasteiger partial charge in [-0.25, -0.2) is 4.57 Å². The lowest BCUT2D eigenvalue weighted by atomic mass is 10.1. The molecule has 272 valence electrons. The van der Waals surface area contributed by atoms with Gasteiger partial charge in [-0.15, -0.1) is 0 Å². The SMILES string of the molecule is CCCCC/C=C\C/C=C\C/C=C\C/C=C\CCCCCCCC(=O)OCC(O)COP(=O)(O)OCCNC(=O)CCCCCCC. The summed E-state index contributed by atoms with van der Waals surface area (Å²) in [4.78, 5) is 33.4. The molecule has 0 fully saturated rings. The Balaban J connectivity index is 3.67. The van der Waals surface area contributed by atoms with E-state index in [1.807, 2.05) is 0 Å². The second kappa shape index (κ2) is 33.9. The van der Waals surface area contributed by atoms with Crippen molar-refractivity contribution in [3.8, 4) is 0 Å². The average molecular weight is 684 g/mol. The Morgan fingerprint density at radius 1 is 0.660 bits per heavy atom. The van der Waals surface area contributed by atoms with E-state index in [0.717, 1.165) is 83.5 Å². The van der Waals surface area contributed by atoms with E-state index < -0.39 is 26.5 Å². The van der Waals surface area contributed by atoms with Crippen LogP contribution in [0.15, 0.2) is 48.6 Å². The highest BCUT2D eigenvalue weighted by atomic mass is 31.2. The lowest BCUT2D eigenvalue weighted by Gasteiger charge is -2.15. The standard InChI is InChI=1S/C37H66NO8P/c1-3-5-7-9-10-11-12-13-14-15-16-17-18-19-20-21-22-23-24-26-28-30-37(41)44-33-35(39)34-46-47(42,43)45-32-31-38-36(40)29-27-25-8-6-4-2/h10-11,13-14,16-17,19-20,35,39H,3-9,12,15,18,21-34H2,1-2H3,(H,38,40)(H,42,43)/b11-10-,14-13-,17-16-,20-19-. The molecule has 0 aliphatic heterocycles. The van der Waals surface area contributed by atoms with E-state index >= 15 is 0 Å². The average Bonchev–Trinajstić information content (AvgIpc) is 3.05. The Hall–Kier alpha value is -2.03. The fraction of sp³-hybridized carbons (Fsp3) is 0.730. The number of carbonyl (C=O) groups is 2. The number of unbranched alkanes of at least 4 members (excludes halogenated alkanes) is 12. The molecular formula is C37H66NO8P.